The molecule has 0 spiro atoms. The monoisotopic (exact) mass is 298 g/mol. The summed E-state index contributed by atoms with van der Waals surface area (Å²) in [5.74, 6) is 1.56. The van der Waals surface area contributed by atoms with Crippen LogP contribution in [0.1, 0.15) is 24.0 Å². The number of benzene rings is 1. The van der Waals surface area contributed by atoms with Gasteiger partial charge in [-0.2, -0.15) is 13.2 Å². The van der Waals surface area contributed by atoms with Gasteiger partial charge in [0.15, 0.2) is 0 Å². The predicted octanol–water partition coefficient (Wildman–Crippen LogP) is 3.14. The van der Waals surface area contributed by atoms with Gasteiger partial charge in [0, 0.05) is 12.6 Å². The van der Waals surface area contributed by atoms with Crippen LogP contribution in [0.4, 0.5) is 13.2 Å². The molecule has 21 heavy (non-hydrogen) atoms. The molecular weight excluding hydrogens is 277 g/mol. The van der Waals surface area contributed by atoms with Crippen LogP contribution in [-0.4, -0.2) is 31.1 Å². The van der Waals surface area contributed by atoms with Crippen LogP contribution in [0.3, 0.4) is 0 Å². The summed E-state index contributed by atoms with van der Waals surface area (Å²) >= 11 is 0. The van der Waals surface area contributed by atoms with Crippen LogP contribution in [0.2, 0.25) is 0 Å². The van der Waals surface area contributed by atoms with Crippen LogP contribution in [-0.2, 0) is 12.7 Å². The van der Waals surface area contributed by atoms with Crippen LogP contribution in [0, 0.1) is 11.8 Å². The minimum atomic E-state index is -4.25. The van der Waals surface area contributed by atoms with Gasteiger partial charge in [-0.05, 0) is 62.5 Å². The molecule has 1 aliphatic heterocycles. The van der Waals surface area contributed by atoms with Crippen molar-refractivity contribution >= 4 is 0 Å². The molecule has 116 valence electrons. The normalized spacial score (nSPS) is 29.1. The second-order valence-electron chi connectivity index (χ2n) is 6.41. The number of nitrogens with zero attached hydrogens (tertiary/aromatic N) is 1. The average molecular weight is 298 g/mol. The summed E-state index contributed by atoms with van der Waals surface area (Å²) in [4.78, 5) is 2.29. The van der Waals surface area contributed by atoms with Crippen LogP contribution in [0.15, 0.2) is 24.3 Å². The zero-order valence-electron chi connectivity index (χ0n) is 12.2. The molecule has 0 bridgehead atoms. The predicted molar refractivity (Wildman–Crippen MR) is 75.8 cm³/mol. The van der Waals surface area contributed by atoms with Gasteiger partial charge >= 0.3 is 6.18 Å². The third kappa shape index (κ3) is 3.24. The minimum Gasteiger partial charge on any atom is -0.316 e. The fraction of sp³-hybridized carbons (Fsp3) is 0.625. The standard InChI is InChI=1S/C16H21F3N2/c1-21(15-6-12-8-20-9-13(12)7-15)10-11-2-4-14(5-3-11)16(17,18)19/h2-5,12-13,15,20H,6-10H2,1H3. The number of halogens is 3. The molecule has 5 heteroatoms. The Labute approximate surface area is 123 Å². The Morgan fingerprint density at radius 2 is 1.67 bits per heavy atom. The molecule has 0 amide bonds. The summed E-state index contributed by atoms with van der Waals surface area (Å²) < 4.78 is 37.6. The molecule has 2 fully saturated rings. The first kappa shape index (κ1) is 14.9. The van der Waals surface area contributed by atoms with Gasteiger partial charge in [-0.3, -0.25) is 4.90 Å². The maximum atomic E-state index is 12.5. The lowest BCUT2D eigenvalue weighted by molar-refractivity contribution is -0.137. The Morgan fingerprint density at radius 3 is 2.19 bits per heavy atom. The first-order chi connectivity index (χ1) is 9.93. The number of alkyl halides is 3. The van der Waals surface area contributed by atoms with E-state index in [1.165, 1.54) is 25.0 Å². The van der Waals surface area contributed by atoms with Crippen molar-refractivity contribution in [2.45, 2.75) is 31.6 Å². The van der Waals surface area contributed by atoms with E-state index < -0.39 is 11.7 Å². The van der Waals surface area contributed by atoms with Crippen molar-refractivity contribution in [3.63, 3.8) is 0 Å². The van der Waals surface area contributed by atoms with E-state index in [0.29, 0.717) is 6.04 Å². The molecule has 2 aliphatic rings. The van der Waals surface area contributed by atoms with E-state index in [9.17, 15) is 13.2 Å². The van der Waals surface area contributed by atoms with E-state index in [-0.39, 0.29) is 0 Å². The summed E-state index contributed by atoms with van der Waals surface area (Å²) in [6, 6.07) is 6.10. The smallest absolute Gasteiger partial charge is 0.316 e. The maximum absolute atomic E-state index is 12.5. The Kier molecular flexibility index (Phi) is 3.97. The fourth-order valence-electron chi connectivity index (χ4n) is 3.71. The topological polar surface area (TPSA) is 15.3 Å². The lowest BCUT2D eigenvalue weighted by Gasteiger charge is -2.25. The third-order valence-corrected chi connectivity index (χ3v) is 4.97. The van der Waals surface area contributed by atoms with E-state index in [1.54, 1.807) is 12.1 Å². The zero-order valence-corrected chi connectivity index (χ0v) is 12.2. The molecule has 2 atom stereocenters. The number of rotatable bonds is 3. The van der Waals surface area contributed by atoms with Crippen LogP contribution in [0.25, 0.3) is 0 Å². The first-order valence-corrected chi connectivity index (χ1v) is 7.50. The van der Waals surface area contributed by atoms with E-state index >= 15 is 0 Å². The molecule has 3 rings (SSSR count). The molecule has 1 saturated heterocycles. The average Bonchev–Trinajstić information content (AvgIpc) is 2.98. The highest BCUT2D eigenvalue weighted by atomic mass is 19.4. The van der Waals surface area contributed by atoms with Crippen molar-refractivity contribution in [1.29, 1.82) is 0 Å². The van der Waals surface area contributed by atoms with Crippen molar-refractivity contribution in [3.8, 4) is 0 Å². The van der Waals surface area contributed by atoms with Gasteiger partial charge in [0.1, 0.15) is 0 Å². The van der Waals surface area contributed by atoms with Crippen molar-refractivity contribution < 1.29 is 13.2 Å². The quantitative estimate of drug-likeness (QED) is 0.922. The number of fused-ring (bicyclic) bond motifs is 1. The van der Waals surface area contributed by atoms with E-state index in [1.807, 2.05) is 0 Å². The molecule has 1 aromatic rings. The minimum absolute atomic E-state index is 0.560. The van der Waals surface area contributed by atoms with Crippen molar-refractivity contribution in [2.24, 2.45) is 11.8 Å². The maximum Gasteiger partial charge on any atom is 0.416 e. The molecule has 1 saturated carbocycles. The highest BCUT2D eigenvalue weighted by molar-refractivity contribution is 5.24. The Morgan fingerprint density at radius 1 is 1.10 bits per heavy atom. The van der Waals surface area contributed by atoms with Gasteiger partial charge in [0.25, 0.3) is 0 Å². The van der Waals surface area contributed by atoms with Gasteiger partial charge in [-0.25, -0.2) is 0 Å². The highest BCUT2D eigenvalue weighted by Gasteiger charge is 2.38. The molecule has 2 nitrogen and oxygen atoms in total. The first-order valence-electron chi connectivity index (χ1n) is 7.50. The molecule has 1 aromatic carbocycles. The van der Waals surface area contributed by atoms with Crippen LogP contribution < -0.4 is 5.32 Å². The third-order valence-electron chi connectivity index (χ3n) is 4.97. The SMILES string of the molecule is CN(Cc1ccc(C(F)(F)F)cc1)C1CC2CNCC2C1. The summed E-state index contributed by atoms with van der Waals surface area (Å²) in [6.07, 6.45) is -1.84. The van der Waals surface area contributed by atoms with Gasteiger partial charge in [-0.15, -0.1) is 0 Å². The summed E-state index contributed by atoms with van der Waals surface area (Å²) in [5.41, 5.74) is 0.371. The summed E-state index contributed by atoms with van der Waals surface area (Å²) in [7, 11) is 2.08. The van der Waals surface area contributed by atoms with E-state index in [0.717, 1.165) is 37.0 Å². The van der Waals surface area contributed by atoms with Gasteiger partial charge in [0.2, 0.25) is 0 Å². The van der Waals surface area contributed by atoms with E-state index in [2.05, 4.69) is 17.3 Å². The number of nitrogens with one attached hydrogen (secondary N) is 1. The van der Waals surface area contributed by atoms with Gasteiger partial charge in [-0.1, -0.05) is 12.1 Å². The van der Waals surface area contributed by atoms with Crippen molar-refractivity contribution in [2.75, 3.05) is 20.1 Å². The van der Waals surface area contributed by atoms with Gasteiger partial charge < -0.3 is 5.32 Å². The highest BCUT2D eigenvalue weighted by Crippen LogP contribution is 2.37. The molecule has 1 aliphatic carbocycles. The molecule has 1 N–H and O–H groups in total. The Hall–Kier alpha value is -1.07. The summed E-state index contributed by atoms with van der Waals surface area (Å²) in [6.45, 7) is 2.96. The Bertz CT molecular complexity index is 471. The lowest BCUT2D eigenvalue weighted by Crippen LogP contribution is -2.30. The van der Waals surface area contributed by atoms with Crippen molar-refractivity contribution in [1.82, 2.24) is 10.2 Å². The largest absolute Gasteiger partial charge is 0.416 e. The molecular formula is C16H21F3N2. The molecule has 1 heterocycles. The Balaban J connectivity index is 1.59. The number of hydrogen-bond acceptors (Lipinski definition) is 2. The van der Waals surface area contributed by atoms with Crippen molar-refractivity contribution in [3.05, 3.63) is 35.4 Å². The van der Waals surface area contributed by atoms with Crippen LogP contribution >= 0.6 is 0 Å². The molecule has 2 unspecified atom stereocenters. The van der Waals surface area contributed by atoms with Crippen LogP contribution in [0.5, 0.6) is 0 Å². The number of hydrogen-bond donors (Lipinski definition) is 1. The zero-order chi connectivity index (χ0) is 15.0. The summed E-state index contributed by atoms with van der Waals surface area (Å²) in [5, 5.41) is 3.43. The second-order valence-corrected chi connectivity index (χ2v) is 6.41. The lowest BCUT2D eigenvalue weighted by atomic mass is 10.0. The fourth-order valence-corrected chi connectivity index (χ4v) is 3.71. The molecule has 0 radical (unpaired) electrons. The van der Waals surface area contributed by atoms with E-state index in [4.69, 9.17) is 0 Å². The molecule has 0 aromatic heterocycles. The second kappa shape index (κ2) is 5.61. The van der Waals surface area contributed by atoms with Gasteiger partial charge in [0.05, 0.1) is 5.56 Å².